The van der Waals surface area contributed by atoms with Gasteiger partial charge in [0.15, 0.2) is 6.10 Å². The average Bonchev–Trinajstić information content (AvgIpc) is 3.34. The summed E-state index contributed by atoms with van der Waals surface area (Å²) in [6.07, 6.45) is 4.87. The van der Waals surface area contributed by atoms with Crippen molar-refractivity contribution in [3.8, 4) is 5.69 Å². The molecule has 0 radical (unpaired) electrons. The molecule has 1 spiro atoms. The van der Waals surface area contributed by atoms with Crippen LogP contribution in [0.5, 0.6) is 0 Å². The van der Waals surface area contributed by atoms with Crippen LogP contribution < -0.4 is 5.73 Å². The van der Waals surface area contributed by atoms with Gasteiger partial charge in [-0.1, -0.05) is 35.9 Å². The fraction of sp³-hybridized carbons (Fsp3) is 0.304. The smallest absolute Gasteiger partial charge is 0.251 e. The van der Waals surface area contributed by atoms with Crippen molar-refractivity contribution in [2.45, 2.75) is 31.1 Å². The van der Waals surface area contributed by atoms with Crippen LogP contribution in [0.2, 0.25) is 5.02 Å². The van der Waals surface area contributed by atoms with E-state index in [1.165, 1.54) is 5.56 Å². The van der Waals surface area contributed by atoms with Gasteiger partial charge in [-0.3, -0.25) is 9.69 Å². The second-order valence-corrected chi connectivity index (χ2v) is 8.47. The van der Waals surface area contributed by atoms with Crippen molar-refractivity contribution in [2.24, 2.45) is 5.73 Å². The first kappa shape index (κ1) is 19.3. The van der Waals surface area contributed by atoms with E-state index in [0.29, 0.717) is 5.02 Å². The van der Waals surface area contributed by atoms with Crippen molar-refractivity contribution in [3.63, 3.8) is 0 Å². The summed E-state index contributed by atoms with van der Waals surface area (Å²) in [6, 6.07) is 15.7. The molecule has 0 aliphatic carbocycles. The quantitative estimate of drug-likeness (QED) is 0.697. The number of para-hydroxylation sites is 1. The zero-order valence-corrected chi connectivity index (χ0v) is 17.3. The zero-order valence-electron chi connectivity index (χ0n) is 16.5. The molecule has 1 unspecified atom stereocenters. The predicted octanol–water partition coefficient (Wildman–Crippen LogP) is 3.57. The van der Waals surface area contributed by atoms with Gasteiger partial charge < -0.3 is 10.5 Å². The van der Waals surface area contributed by atoms with Crippen LogP contribution in [0.1, 0.15) is 35.6 Å². The van der Waals surface area contributed by atoms with Gasteiger partial charge in [-0.2, -0.15) is 5.10 Å². The third-order valence-electron chi connectivity index (χ3n) is 6.12. The summed E-state index contributed by atoms with van der Waals surface area (Å²) in [5.74, 6) is -0.453. The Hall–Kier alpha value is -2.67. The number of hydrogen-bond acceptors (Lipinski definition) is 4. The number of fused-ring (bicyclic) bond motifs is 2. The molecular formula is C23H23ClN4O2. The standard InChI is InChI=1S/C23H23ClN4O2/c24-17-6-7-19-20(12-17)23(30-21(19)22(25)29)8-10-27(11-9-23)14-16-13-26-28(15-16)18-4-2-1-3-5-18/h1-7,12-13,15,21H,8-11,14H2,(H2,25,29). The molecule has 1 saturated heterocycles. The number of carbonyl (C=O) groups excluding carboxylic acids is 1. The summed E-state index contributed by atoms with van der Waals surface area (Å²) in [6.45, 7) is 2.53. The number of aromatic nitrogens is 2. The second kappa shape index (κ2) is 7.54. The van der Waals surface area contributed by atoms with Crippen LogP contribution in [0.4, 0.5) is 0 Å². The van der Waals surface area contributed by atoms with E-state index in [2.05, 4.69) is 16.2 Å². The molecule has 2 aliphatic heterocycles. The Morgan fingerprint density at radius 3 is 2.70 bits per heavy atom. The molecule has 2 aliphatic rings. The van der Waals surface area contributed by atoms with E-state index in [1.54, 1.807) is 6.07 Å². The molecule has 3 heterocycles. The maximum absolute atomic E-state index is 11.9. The molecule has 2 aromatic carbocycles. The predicted molar refractivity (Wildman–Crippen MR) is 114 cm³/mol. The number of piperidine rings is 1. The highest BCUT2D eigenvalue weighted by molar-refractivity contribution is 6.30. The monoisotopic (exact) mass is 422 g/mol. The number of ether oxygens (including phenoxy) is 1. The largest absolute Gasteiger partial charge is 0.367 e. The Balaban J connectivity index is 1.30. The third-order valence-corrected chi connectivity index (χ3v) is 6.35. The van der Waals surface area contributed by atoms with E-state index in [0.717, 1.165) is 49.3 Å². The number of amides is 1. The Bertz CT molecular complexity index is 1070. The topological polar surface area (TPSA) is 73.4 Å². The lowest BCUT2D eigenvalue weighted by Crippen LogP contribution is -2.42. The van der Waals surface area contributed by atoms with Crippen LogP contribution in [0.15, 0.2) is 60.9 Å². The van der Waals surface area contributed by atoms with Crippen LogP contribution in [0, 0.1) is 0 Å². The minimum atomic E-state index is -0.701. The van der Waals surface area contributed by atoms with Gasteiger partial charge in [0.25, 0.3) is 5.91 Å². The summed E-state index contributed by atoms with van der Waals surface area (Å²) >= 11 is 6.25. The number of halogens is 1. The van der Waals surface area contributed by atoms with Crippen molar-refractivity contribution in [3.05, 3.63) is 82.6 Å². The molecule has 1 amide bonds. The number of nitrogens with zero attached hydrogens (tertiary/aromatic N) is 3. The van der Waals surface area contributed by atoms with Gasteiger partial charge in [-0.15, -0.1) is 0 Å². The molecule has 7 heteroatoms. The minimum Gasteiger partial charge on any atom is -0.367 e. The van der Waals surface area contributed by atoms with Crippen molar-refractivity contribution in [2.75, 3.05) is 13.1 Å². The SMILES string of the molecule is NC(=O)C1OC2(CCN(Cc3cnn(-c4ccccc4)c3)CC2)c2cc(Cl)ccc21. The van der Waals surface area contributed by atoms with Crippen LogP contribution in [0.3, 0.4) is 0 Å². The second-order valence-electron chi connectivity index (χ2n) is 8.03. The Morgan fingerprint density at radius 2 is 1.97 bits per heavy atom. The van der Waals surface area contributed by atoms with E-state index in [4.69, 9.17) is 22.1 Å². The number of hydrogen-bond donors (Lipinski definition) is 1. The number of rotatable bonds is 4. The summed E-state index contributed by atoms with van der Waals surface area (Å²) in [5.41, 5.74) is 9.18. The Labute approximate surface area is 180 Å². The highest BCUT2D eigenvalue weighted by Gasteiger charge is 2.48. The van der Waals surface area contributed by atoms with Crippen LogP contribution in [0.25, 0.3) is 5.69 Å². The van der Waals surface area contributed by atoms with Gasteiger partial charge in [0, 0.05) is 36.4 Å². The van der Waals surface area contributed by atoms with Gasteiger partial charge in [0.05, 0.1) is 17.5 Å². The third kappa shape index (κ3) is 3.41. The lowest BCUT2D eigenvalue weighted by atomic mass is 9.83. The van der Waals surface area contributed by atoms with Crippen molar-refractivity contribution >= 4 is 17.5 Å². The van der Waals surface area contributed by atoms with E-state index < -0.39 is 17.6 Å². The minimum absolute atomic E-state index is 0.453. The first-order valence-electron chi connectivity index (χ1n) is 10.1. The van der Waals surface area contributed by atoms with Gasteiger partial charge in [-0.05, 0) is 48.2 Å². The summed E-state index contributed by atoms with van der Waals surface area (Å²) in [5, 5.41) is 5.14. The first-order chi connectivity index (χ1) is 14.5. The number of primary amides is 1. The van der Waals surface area contributed by atoms with E-state index >= 15 is 0 Å². The molecular weight excluding hydrogens is 400 g/mol. The molecule has 0 bridgehead atoms. The van der Waals surface area contributed by atoms with E-state index in [9.17, 15) is 4.79 Å². The summed E-state index contributed by atoms with van der Waals surface area (Å²) in [7, 11) is 0. The normalized spacial score (nSPS) is 20.4. The van der Waals surface area contributed by atoms with Crippen LogP contribution in [-0.2, 0) is 21.7 Å². The molecule has 5 rings (SSSR count). The number of nitrogens with two attached hydrogens (primary N) is 1. The summed E-state index contributed by atoms with van der Waals surface area (Å²) in [4.78, 5) is 14.3. The maximum Gasteiger partial charge on any atom is 0.251 e. The van der Waals surface area contributed by atoms with Crippen LogP contribution in [-0.4, -0.2) is 33.7 Å². The lowest BCUT2D eigenvalue weighted by molar-refractivity contribution is -0.148. The zero-order chi connectivity index (χ0) is 20.7. The van der Waals surface area contributed by atoms with E-state index in [-0.39, 0.29) is 0 Å². The first-order valence-corrected chi connectivity index (χ1v) is 10.5. The summed E-state index contributed by atoms with van der Waals surface area (Å²) < 4.78 is 8.16. The Kier molecular flexibility index (Phi) is 4.85. The van der Waals surface area contributed by atoms with Crippen molar-refractivity contribution < 1.29 is 9.53 Å². The highest BCUT2D eigenvalue weighted by Crippen LogP contribution is 2.50. The molecule has 0 saturated carbocycles. The molecule has 2 N–H and O–H groups in total. The van der Waals surface area contributed by atoms with Crippen molar-refractivity contribution in [1.29, 1.82) is 0 Å². The van der Waals surface area contributed by atoms with Crippen molar-refractivity contribution in [1.82, 2.24) is 14.7 Å². The molecule has 6 nitrogen and oxygen atoms in total. The number of carbonyl (C=O) groups is 1. The highest BCUT2D eigenvalue weighted by atomic mass is 35.5. The molecule has 1 fully saturated rings. The van der Waals surface area contributed by atoms with Crippen LogP contribution >= 0.6 is 11.6 Å². The van der Waals surface area contributed by atoms with E-state index in [1.807, 2.05) is 53.3 Å². The molecule has 1 atom stereocenters. The molecule has 3 aromatic rings. The van der Waals surface area contributed by atoms with Gasteiger partial charge in [-0.25, -0.2) is 4.68 Å². The maximum atomic E-state index is 11.9. The fourth-order valence-electron chi connectivity index (χ4n) is 4.60. The Morgan fingerprint density at radius 1 is 1.20 bits per heavy atom. The number of likely N-dealkylation sites (tertiary alicyclic amines) is 1. The average molecular weight is 423 g/mol. The number of benzene rings is 2. The van der Waals surface area contributed by atoms with Gasteiger partial charge in [0.1, 0.15) is 0 Å². The fourth-order valence-corrected chi connectivity index (χ4v) is 4.77. The lowest BCUT2D eigenvalue weighted by Gasteiger charge is -2.39. The molecule has 1 aromatic heterocycles. The molecule has 154 valence electrons. The molecule has 30 heavy (non-hydrogen) atoms. The van der Waals surface area contributed by atoms with Gasteiger partial charge in [0.2, 0.25) is 0 Å². The van der Waals surface area contributed by atoms with Gasteiger partial charge >= 0.3 is 0 Å².